The van der Waals surface area contributed by atoms with Crippen LogP contribution in [0, 0.1) is 6.92 Å². The highest BCUT2D eigenvalue weighted by molar-refractivity contribution is 5.69. The van der Waals surface area contributed by atoms with Crippen molar-refractivity contribution in [2.75, 3.05) is 38.8 Å². The second-order valence-electron chi connectivity index (χ2n) is 4.00. The van der Waals surface area contributed by atoms with Gasteiger partial charge in [-0.1, -0.05) is 6.07 Å². The molecule has 1 rings (SSSR count). The third-order valence-corrected chi connectivity index (χ3v) is 2.60. The molecule has 100 valence electrons. The lowest BCUT2D eigenvalue weighted by atomic mass is 10.3. The molecule has 0 aliphatic heterocycles. The van der Waals surface area contributed by atoms with E-state index in [1.807, 2.05) is 30.2 Å². The van der Waals surface area contributed by atoms with Gasteiger partial charge in [-0.15, -0.1) is 0 Å². The fraction of sp³-hybridized carbons (Fsp3) is 0.538. The molecule has 0 saturated carbocycles. The third kappa shape index (κ3) is 4.71. The van der Waals surface area contributed by atoms with E-state index in [9.17, 15) is 4.79 Å². The molecule has 0 fully saturated rings. The molecule has 0 amide bonds. The summed E-state index contributed by atoms with van der Waals surface area (Å²) in [5.41, 5.74) is 1.11. The molecule has 0 N–H and O–H groups in total. The summed E-state index contributed by atoms with van der Waals surface area (Å²) in [4.78, 5) is 17.5. The molecule has 0 aromatic carbocycles. The molecule has 0 radical (unpaired) electrons. The van der Waals surface area contributed by atoms with Gasteiger partial charge in [-0.05, 0) is 18.6 Å². The van der Waals surface area contributed by atoms with E-state index in [-0.39, 0.29) is 5.97 Å². The maximum absolute atomic E-state index is 11.2. The van der Waals surface area contributed by atoms with Crippen molar-refractivity contribution < 1.29 is 14.3 Å². The first kappa shape index (κ1) is 14.4. The normalized spacial score (nSPS) is 10.2. The van der Waals surface area contributed by atoms with Gasteiger partial charge in [0.25, 0.3) is 0 Å². The summed E-state index contributed by atoms with van der Waals surface area (Å²) in [6.07, 6.45) is 2.16. The van der Waals surface area contributed by atoms with Crippen LogP contribution in [0.2, 0.25) is 0 Å². The SMILES string of the molecule is COCCN(CCC(=O)OC)c1ccc(C)cn1. The molecule has 0 aliphatic rings. The first-order chi connectivity index (χ1) is 8.67. The minimum absolute atomic E-state index is 0.218. The maximum atomic E-state index is 11.2. The quantitative estimate of drug-likeness (QED) is 0.687. The molecule has 0 bridgehead atoms. The summed E-state index contributed by atoms with van der Waals surface area (Å²) in [6, 6.07) is 3.95. The van der Waals surface area contributed by atoms with Gasteiger partial charge in [0.05, 0.1) is 20.1 Å². The number of pyridine rings is 1. The average Bonchev–Trinajstić information content (AvgIpc) is 2.40. The number of methoxy groups -OCH3 is 2. The molecule has 0 unspecified atom stereocenters. The Morgan fingerprint density at radius 2 is 2.11 bits per heavy atom. The molecular formula is C13H20N2O3. The lowest BCUT2D eigenvalue weighted by Gasteiger charge is -2.22. The highest BCUT2D eigenvalue weighted by Crippen LogP contribution is 2.11. The van der Waals surface area contributed by atoms with E-state index < -0.39 is 0 Å². The Labute approximate surface area is 108 Å². The van der Waals surface area contributed by atoms with Crippen molar-refractivity contribution in [3.05, 3.63) is 23.9 Å². The number of hydrogen-bond acceptors (Lipinski definition) is 5. The maximum Gasteiger partial charge on any atom is 0.307 e. The number of nitrogens with zero attached hydrogens (tertiary/aromatic N) is 2. The topological polar surface area (TPSA) is 51.7 Å². The zero-order chi connectivity index (χ0) is 13.4. The van der Waals surface area contributed by atoms with Crippen LogP contribution < -0.4 is 4.90 Å². The summed E-state index contributed by atoms with van der Waals surface area (Å²) in [5.74, 6) is 0.631. The molecule has 0 atom stereocenters. The fourth-order valence-corrected chi connectivity index (χ4v) is 1.52. The summed E-state index contributed by atoms with van der Waals surface area (Å²) in [7, 11) is 3.05. The number of aromatic nitrogens is 1. The number of carbonyl (C=O) groups is 1. The Balaban J connectivity index is 2.64. The van der Waals surface area contributed by atoms with Crippen LogP contribution in [-0.2, 0) is 14.3 Å². The van der Waals surface area contributed by atoms with Gasteiger partial charge in [0.2, 0.25) is 0 Å². The average molecular weight is 252 g/mol. The molecule has 1 aromatic heterocycles. The molecule has 0 spiro atoms. The first-order valence-electron chi connectivity index (χ1n) is 5.90. The van der Waals surface area contributed by atoms with Crippen molar-refractivity contribution in [2.24, 2.45) is 0 Å². The number of ether oxygens (including phenoxy) is 2. The van der Waals surface area contributed by atoms with Gasteiger partial charge < -0.3 is 14.4 Å². The molecule has 1 aromatic rings. The molecule has 1 heterocycles. The number of aryl methyl sites for hydroxylation is 1. The third-order valence-electron chi connectivity index (χ3n) is 2.60. The lowest BCUT2D eigenvalue weighted by Crippen LogP contribution is -2.30. The molecule has 5 heteroatoms. The van der Waals surface area contributed by atoms with E-state index in [0.29, 0.717) is 26.1 Å². The molecule has 0 saturated heterocycles. The van der Waals surface area contributed by atoms with Crippen LogP contribution in [0.5, 0.6) is 0 Å². The Morgan fingerprint density at radius 3 is 2.67 bits per heavy atom. The van der Waals surface area contributed by atoms with Crippen molar-refractivity contribution in [3.63, 3.8) is 0 Å². The lowest BCUT2D eigenvalue weighted by molar-refractivity contribution is -0.140. The zero-order valence-corrected chi connectivity index (χ0v) is 11.2. The van der Waals surface area contributed by atoms with Gasteiger partial charge in [0.15, 0.2) is 0 Å². The standard InChI is InChI=1S/C13H20N2O3/c1-11-4-5-12(14-10-11)15(8-9-17-2)7-6-13(16)18-3/h4-5,10H,6-9H2,1-3H3. The van der Waals surface area contributed by atoms with Crippen molar-refractivity contribution in [1.29, 1.82) is 0 Å². The Bertz CT molecular complexity index is 365. The minimum Gasteiger partial charge on any atom is -0.469 e. The van der Waals surface area contributed by atoms with Crippen LogP contribution in [0.3, 0.4) is 0 Å². The molecule has 5 nitrogen and oxygen atoms in total. The van der Waals surface area contributed by atoms with Crippen LogP contribution in [0.4, 0.5) is 5.82 Å². The second kappa shape index (κ2) is 7.66. The van der Waals surface area contributed by atoms with Crippen LogP contribution in [0.15, 0.2) is 18.3 Å². The van der Waals surface area contributed by atoms with Crippen LogP contribution in [0.1, 0.15) is 12.0 Å². The van der Waals surface area contributed by atoms with Gasteiger partial charge in [-0.2, -0.15) is 0 Å². The van der Waals surface area contributed by atoms with E-state index in [1.54, 1.807) is 7.11 Å². The summed E-state index contributed by atoms with van der Waals surface area (Å²) in [6.45, 7) is 3.86. The Morgan fingerprint density at radius 1 is 1.33 bits per heavy atom. The van der Waals surface area contributed by atoms with E-state index in [2.05, 4.69) is 9.72 Å². The van der Waals surface area contributed by atoms with Crippen molar-refractivity contribution in [1.82, 2.24) is 4.98 Å². The largest absolute Gasteiger partial charge is 0.469 e. The van der Waals surface area contributed by atoms with Gasteiger partial charge in [-0.25, -0.2) is 4.98 Å². The number of carbonyl (C=O) groups excluding carboxylic acids is 1. The highest BCUT2D eigenvalue weighted by Gasteiger charge is 2.10. The van der Waals surface area contributed by atoms with Crippen molar-refractivity contribution in [2.45, 2.75) is 13.3 Å². The molecule has 0 aliphatic carbocycles. The molecular weight excluding hydrogens is 232 g/mol. The first-order valence-corrected chi connectivity index (χ1v) is 5.90. The number of esters is 1. The van der Waals surface area contributed by atoms with Gasteiger partial charge in [0.1, 0.15) is 5.82 Å². The van der Waals surface area contributed by atoms with E-state index in [4.69, 9.17) is 4.74 Å². The monoisotopic (exact) mass is 252 g/mol. The van der Waals surface area contributed by atoms with Crippen LogP contribution >= 0.6 is 0 Å². The van der Waals surface area contributed by atoms with Gasteiger partial charge in [0, 0.05) is 26.4 Å². The van der Waals surface area contributed by atoms with Crippen molar-refractivity contribution >= 4 is 11.8 Å². The minimum atomic E-state index is -0.218. The highest BCUT2D eigenvalue weighted by atomic mass is 16.5. The van der Waals surface area contributed by atoms with Gasteiger partial charge in [-0.3, -0.25) is 4.79 Å². The van der Waals surface area contributed by atoms with Crippen LogP contribution in [-0.4, -0.2) is 44.9 Å². The van der Waals surface area contributed by atoms with Gasteiger partial charge >= 0.3 is 5.97 Å². The van der Waals surface area contributed by atoms with E-state index in [0.717, 1.165) is 11.4 Å². The zero-order valence-electron chi connectivity index (χ0n) is 11.2. The Hall–Kier alpha value is -1.62. The summed E-state index contributed by atoms with van der Waals surface area (Å²) < 4.78 is 9.71. The summed E-state index contributed by atoms with van der Waals surface area (Å²) >= 11 is 0. The number of anilines is 1. The molecule has 18 heavy (non-hydrogen) atoms. The second-order valence-corrected chi connectivity index (χ2v) is 4.00. The van der Waals surface area contributed by atoms with E-state index in [1.165, 1.54) is 7.11 Å². The predicted octanol–water partition coefficient (Wildman–Crippen LogP) is 1.41. The van der Waals surface area contributed by atoms with Crippen LogP contribution in [0.25, 0.3) is 0 Å². The fourth-order valence-electron chi connectivity index (χ4n) is 1.52. The van der Waals surface area contributed by atoms with E-state index >= 15 is 0 Å². The smallest absolute Gasteiger partial charge is 0.307 e. The number of rotatable bonds is 7. The summed E-state index contributed by atoms with van der Waals surface area (Å²) in [5, 5.41) is 0. The number of hydrogen-bond donors (Lipinski definition) is 0. The Kier molecular flexibility index (Phi) is 6.14. The van der Waals surface area contributed by atoms with Crippen molar-refractivity contribution in [3.8, 4) is 0 Å². The predicted molar refractivity (Wildman–Crippen MR) is 69.7 cm³/mol.